The van der Waals surface area contributed by atoms with Gasteiger partial charge < -0.3 is 8.98 Å². The Morgan fingerprint density at radius 3 is 1.53 bits per heavy atom. The van der Waals surface area contributed by atoms with Crippen molar-refractivity contribution in [1.82, 2.24) is 19.1 Å². The lowest BCUT2D eigenvalue weighted by Crippen LogP contribution is -2.04. The lowest BCUT2D eigenvalue weighted by atomic mass is 10.0. The second-order valence-electron chi connectivity index (χ2n) is 13.0. The van der Waals surface area contributed by atoms with Crippen LogP contribution in [0.25, 0.3) is 99.7 Å². The fourth-order valence-corrected chi connectivity index (χ4v) is 7.99. The first-order chi connectivity index (χ1) is 25.3. The van der Waals surface area contributed by atoms with Crippen molar-refractivity contribution in [3.8, 4) is 34.2 Å². The van der Waals surface area contributed by atoms with Gasteiger partial charge in [-0.3, -0.25) is 4.57 Å². The summed E-state index contributed by atoms with van der Waals surface area (Å²) in [5, 5.41) is 6.74. The van der Waals surface area contributed by atoms with E-state index in [4.69, 9.17) is 14.4 Å². The monoisotopic (exact) mass is 652 g/mol. The van der Waals surface area contributed by atoms with Crippen LogP contribution in [-0.4, -0.2) is 19.1 Å². The third-order valence-corrected chi connectivity index (χ3v) is 10.1. The summed E-state index contributed by atoms with van der Waals surface area (Å²) < 4.78 is 11.6. The lowest BCUT2D eigenvalue weighted by Gasteiger charge is -2.12. The summed E-state index contributed by atoms with van der Waals surface area (Å²) in [6.07, 6.45) is 0. The molecule has 11 aromatic rings. The van der Waals surface area contributed by atoms with Crippen LogP contribution in [0.4, 0.5) is 0 Å². The molecule has 0 saturated carbocycles. The fraction of sp³-hybridized carbons (Fsp3) is 0. The maximum Gasteiger partial charge on any atom is 0.235 e. The van der Waals surface area contributed by atoms with Crippen molar-refractivity contribution in [3.63, 3.8) is 0 Å². The van der Waals surface area contributed by atoms with Gasteiger partial charge in [-0.15, -0.1) is 0 Å². The van der Waals surface area contributed by atoms with Crippen LogP contribution in [0, 0.1) is 0 Å². The molecule has 238 valence electrons. The van der Waals surface area contributed by atoms with Gasteiger partial charge in [-0.1, -0.05) is 133 Å². The van der Waals surface area contributed by atoms with Gasteiger partial charge in [0.15, 0.2) is 5.58 Å². The minimum Gasteiger partial charge on any atom is -0.454 e. The Kier molecular flexibility index (Phi) is 5.89. The molecule has 0 bridgehead atoms. The SMILES string of the molecule is c1ccc(-c2cc(-c3ccccc3)nc(-n3c4ccccc4c4c5c6ccccc6n(-c6ccccc6)c5c5c6ccccc6oc5c43)n2)cc1. The molecule has 0 aliphatic carbocycles. The van der Waals surface area contributed by atoms with E-state index in [1.165, 1.54) is 10.8 Å². The van der Waals surface area contributed by atoms with Gasteiger partial charge in [0, 0.05) is 43.7 Å². The molecule has 5 heteroatoms. The van der Waals surface area contributed by atoms with Crippen molar-refractivity contribution in [3.05, 3.63) is 170 Å². The van der Waals surface area contributed by atoms with E-state index < -0.39 is 0 Å². The Hall–Kier alpha value is -6.98. The van der Waals surface area contributed by atoms with Crippen LogP contribution in [0.1, 0.15) is 0 Å². The van der Waals surface area contributed by atoms with E-state index in [9.17, 15) is 0 Å². The molecule has 0 atom stereocenters. The molecule has 5 nitrogen and oxygen atoms in total. The number of para-hydroxylation sites is 4. The van der Waals surface area contributed by atoms with Gasteiger partial charge in [-0.05, 0) is 36.4 Å². The van der Waals surface area contributed by atoms with E-state index in [0.717, 1.165) is 83.0 Å². The van der Waals surface area contributed by atoms with Crippen molar-refractivity contribution in [2.75, 3.05) is 0 Å². The lowest BCUT2D eigenvalue weighted by molar-refractivity contribution is 0.671. The van der Waals surface area contributed by atoms with Crippen LogP contribution in [0.3, 0.4) is 0 Å². The zero-order valence-corrected chi connectivity index (χ0v) is 27.4. The highest BCUT2D eigenvalue weighted by Crippen LogP contribution is 2.49. The number of benzene rings is 7. The molecule has 0 saturated heterocycles. The zero-order valence-electron chi connectivity index (χ0n) is 27.4. The number of hydrogen-bond acceptors (Lipinski definition) is 3. The van der Waals surface area contributed by atoms with Crippen LogP contribution in [0.15, 0.2) is 174 Å². The highest BCUT2D eigenvalue weighted by molar-refractivity contribution is 6.39. The Balaban J connectivity index is 1.39. The van der Waals surface area contributed by atoms with Crippen molar-refractivity contribution < 1.29 is 4.42 Å². The molecule has 11 rings (SSSR count). The Morgan fingerprint density at radius 1 is 0.412 bits per heavy atom. The standard InChI is InChI=1S/C46H28N4O/c1-4-16-29(17-5-1)35-28-36(30-18-6-2-7-19-30)48-46(47-35)50-38-26-14-11-23-33(38)41-40-32-22-10-13-25-37(32)49(31-20-8-3-9-21-31)43(40)42-34-24-12-15-27-39(34)51-45(42)44(41)50/h1-28H. The smallest absolute Gasteiger partial charge is 0.235 e. The fourth-order valence-electron chi connectivity index (χ4n) is 7.99. The molecule has 0 fully saturated rings. The Bertz CT molecular complexity index is 3060. The number of hydrogen-bond donors (Lipinski definition) is 0. The first-order valence-electron chi connectivity index (χ1n) is 17.2. The first-order valence-corrected chi connectivity index (χ1v) is 17.2. The van der Waals surface area contributed by atoms with Gasteiger partial charge in [0.25, 0.3) is 0 Å². The molecule has 0 aliphatic heterocycles. The molecule has 0 aliphatic rings. The quantitative estimate of drug-likeness (QED) is 0.190. The van der Waals surface area contributed by atoms with Gasteiger partial charge in [0.05, 0.1) is 33.3 Å². The van der Waals surface area contributed by atoms with Crippen LogP contribution in [0.5, 0.6) is 0 Å². The predicted molar refractivity (Wildman–Crippen MR) is 209 cm³/mol. The summed E-state index contributed by atoms with van der Waals surface area (Å²) in [4.78, 5) is 10.7. The second-order valence-corrected chi connectivity index (χ2v) is 13.0. The number of fused-ring (bicyclic) bond motifs is 12. The van der Waals surface area contributed by atoms with Gasteiger partial charge in [-0.25, -0.2) is 9.97 Å². The molecule has 51 heavy (non-hydrogen) atoms. The molecule has 0 spiro atoms. The van der Waals surface area contributed by atoms with Crippen molar-refractivity contribution in [1.29, 1.82) is 0 Å². The second kappa shape index (κ2) is 10.8. The van der Waals surface area contributed by atoms with Gasteiger partial charge in [0.2, 0.25) is 5.95 Å². The molecular weight excluding hydrogens is 625 g/mol. The average Bonchev–Trinajstić information content (AvgIpc) is 3.87. The van der Waals surface area contributed by atoms with Crippen LogP contribution in [0.2, 0.25) is 0 Å². The topological polar surface area (TPSA) is 48.8 Å². The summed E-state index contributed by atoms with van der Waals surface area (Å²) in [5.41, 5.74) is 10.8. The molecule has 0 N–H and O–H groups in total. The summed E-state index contributed by atoms with van der Waals surface area (Å²) in [6, 6.07) is 59.1. The van der Waals surface area contributed by atoms with E-state index in [1.807, 2.05) is 18.2 Å². The minimum absolute atomic E-state index is 0.592. The number of rotatable bonds is 4. The van der Waals surface area contributed by atoms with Gasteiger partial charge in [0.1, 0.15) is 11.1 Å². The predicted octanol–water partition coefficient (Wildman–Crippen LogP) is 11.9. The maximum atomic E-state index is 6.99. The molecule has 7 aromatic carbocycles. The molecule has 4 heterocycles. The average molecular weight is 653 g/mol. The van der Waals surface area contributed by atoms with Crippen LogP contribution < -0.4 is 0 Å². The van der Waals surface area contributed by atoms with Crippen LogP contribution in [-0.2, 0) is 0 Å². The minimum atomic E-state index is 0.592. The van der Waals surface area contributed by atoms with Crippen molar-refractivity contribution >= 4 is 65.6 Å². The van der Waals surface area contributed by atoms with E-state index in [1.54, 1.807) is 0 Å². The largest absolute Gasteiger partial charge is 0.454 e. The maximum absolute atomic E-state index is 6.99. The number of nitrogens with zero attached hydrogens (tertiary/aromatic N) is 4. The van der Waals surface area contributed by atoms with Gasteiger partial charge >= 0.3 is 0 Å². The summed E-state index contributed by atoms with van der Waals surface area (Å²) >= 11 is 0. The molecule has 0 unspecified atom stereocenters. The highest BCUT2D eigenvalue weighted by Gasteiger charge is 2.28. The van der Waals surface area contributed by atoms with E-state index in [0.29, 0.717) is 5.95 Å². The summed E-state index contributed by atoms with van der Waals surface area (Å²) in [6.45, 7) is 0. The van der Waals surface area contributed by atoms with E-state index in [-0.39, 0.29) is 0 Å². The van der Waals surface area contributed by atoms with Crippen molar-refractivity contribution in [2.45, 2.75) is 0 Å². The number of aromatic nitrogens is 4. The van der Waals surface area contributed by atoms with Crippen molar-refractivity contribution in [2.24, 2.45) is 0 Å². The van der Waals surface area contributed by atoms with Gasteiger partial charge in [-0.2, -0.15) is 0 Å². The molecule has 4 aromatic heterocycles. The number of furan rings is 1. The molecule has 0 radical (unpaired) electrons. The summed E-state index contributed by atoms with van der Waals surface area (Å²) in [5.74, 6) is 0.592. The molecule has 0 amide bonds. The third-order valence-electron chi connectivity index (χ3n) is 10.1. The summed E-state index contributed by atoms with van der Waals surface area (Å²) in [7, 11) is 0. The highest BCUT2D eigenvalue weighted by atomic mass is 16.3. The zero-order chi connectivity index (χ0) is 33.5. The third kappa shape index (κ3) is 4.03. The molecular formula is C46H28N4O. The van der Waals surface area contributed by atoms with E-state index >= 15 is 0 Å². The van der Waals surface area contributed by atoms with Crippen LogP contribution >= 0.6 is 0 Å². The normalized spacial score (nSPS) is 11.9. The Morgan fingerprint density at radius 2 is 0.902 bits per heavy atom. The van der Waals surface area contributed by atoms with E-state index in [2.05, 4.69) is 161 Å². The Labute approximate surface area is 292 Å². The first kappa shape index (κ1) is 27.9.